The van der Waals surface area contributed by atoms with Crippen LogP contribution in [0.15, 0.2) is 0 Å². The molecule has 166 valence electrons. The minimum atomic E-state index is -7.50. The second-order valence-electron chi connectivity index (χ2n) is 6.24. The van der Waals surface area contributed by atoms with Crippen LogP contribution in [0.25, 0.3) is 0 Å². The lowest BCUT2D eigenvalue weighted by Crippen LogP contribution is -2.67. The van der Waals surface area contributed by atoms with Crippen molar-refractivity contribution in [1.82, 2.24) is 4.90 Å². The van der Waals surface area contributed by atoms with Crippen molar-refractivity contribution in [2.24, 2.45) is 0 Å². The summed E-state index contributed by atoms with van der Waals surface area (Å²) in [7, 11) is 0. The van der Waals surface area contributed by atoms with E-state index in [-0.39, 0.29) is 6.54 Å². The number of alkyl halides is 11. The van der Waals surface area contributed by atoms with Crippen molar-refractivity contribution in [2.75, 3.05) is 26.2 Å². The van der Waals surface area contributed by atoms with Gasteiger partial charge in [-0.05, 0) is 25.9 Å². The van der Waals surface area contributed by atoms with E-state index >= 15 is 0 Å². The van der Waals surface area contributed by atoms with Crippen LogP contribution in [-0.2, 0) is 9.53 Å². The first-order valence-electron chi connectivity index (χ1n) is 7.93. The third kappa shape index (κ3) is 4.79. The topological polar surface area (TPSA) is 29.5 Å². The second kappa shape index (κ2) is 8.19. The Kier molecular flexibility index (Phi) is 7.22. The van der Waals surface area contributed by atoms with Crippen LogP contribution in [-0.4, -0.2) is 67.0 Å². The summed E-state index contributed by atoms with van der Waals surface area (Å²) in [5, 5.41) is 0. The number of halogens is 11. The summed E-state index contributed by atoms with van der Waals surface area (Å²) in [6.07, 6.45) is -5.29. The summed E-state index contributed by atoms with van der Waals surface area (Å²) >= 11 is 0. The highest BCUT2D eigenvalue weighted by Gasteiger charge is 2.87. The van der Waals surface area contributed by atoms with Gasteiger partial charge in [-0.1, -0.05) is 6.42 Å². The van der Waals surface area contributed by atoms with Gasteiger partial charge in [-0.2, -0.15) is 48.3 Å². The van der Waals surface area contributed by atoms with Gasteiger partial charge >= 0.3 is 35.8 Å². The molecule has 0 amide bonds. The second-order valence-corrected chi connectivity index (χ2v) is 6.24. The Morgan fingerprint density at radius 3 is 1.71 bits per heavy atom. The number of hydrogen-bond donors (Lipinski definition) is 0. The lowest BCUT2D eigenvalue weighted by molar-refractivity contribution is -0.423. The first kappa shape index (κ1) is 24.7. The van der Waals surface area contributed by atoms with E-state index in [2.05, 4.69) is 4.74 Å². The molecule has 1 fully saturated rings. The maximum absolute atomic E-state index is 13.4. The molecule has 1 aliphatic heterocycles. The maximum Gasteiger partial charge on any atom is 0.460 e. The van der Waals surface area contributed by atoms with E-state index in [1.54, 1.807) is 4.90 Å². The number of ether oxygens (including phenoxy) is 1. The van der Waals surface area contributed by atoms with Crippen LogP contribution < -0.4 is 0 Å². The number of likely N-dealkylation sites (tertiary alicyclic amines) is 1. The quantitative estimate of drug-likeness (QED) is 0.412. The third-order valence-corrected chi connectivity index (χ3v) is 4.10. The molecule has 0 bridgehead atoms. The fourth-order valence-electron chi connectivity index (χ4n) is 2.37. The molecule has 0 saturated carbocycles. The average Bonchev–Trinajstić information content (AvgIpc) is 2.57. The third-order valence-electron chi connectivity index (χ3n) is 4.10. The molecule has 1 saturated heterocycles. The first-order valence-corrected chi connectivity index (χ1v) is 7.93. The van der Waals surface area contributed by atoms with Crippen LogP contribution in [0.1, 0.15) is 25.7 Å². The highest BCUT2D eigenvalue weighted by molar-refractivity contribution is 5.69. The lowest BCUT2D eigenvalue weighted by Gasteiger charge is -2.36. The van der Waals surface area contributed by atoms with Gasteiger partial charge in [0.1, 0.15) is 0 Å². The van der Waals surface area contributed by atoms with Crippen molar-refractivity contribution in [1.29, 1.82) is 0 Å². The molecule has 0 spiro atoms. The zero-order valence-electron chi connectivity index (χ0n) is 14.1. The molecule has 0 N–H and O–H groups in total. The molecule has 0 aliphatic carbocycles. The number of carbonyl (C=O) groups excluding carboxylic acids is 1. The van der Waals surface area contributed by atoms with Gasteiger partial charge in [0.25, 0.3) is 0 Å². The molecule has 0 aromatic rings. The van der Waals surface area contributed by atoms with Crippen molar-refractivity contribution in [3.63, 3.8) is 0 Å². The van der Waals surface area contributed by atoms with Gasteiger partial charge in [0, 0.05) is 6.54 Å². The molecule has 0 unspecified atom stereocenters. The van der Waals surface area contributed by atoms with E-state index in [4.69, 9.17) is 0 Å². The molecule has 1 rings (SSSR count). The molecule has 0 atom stereocenters. The van der Waals surface area contributed by atoms with Crippen LogP contribution in [0.3, 0.4) is 0 Å². The summed E-state index contributed by atoms with van der Waals surface area (Å²) in [6, 6.07) is 0. The van der Waals surface area contributed by atoms with Crippen LogP contribution in [0.2, 0.25) is 0 Å². The molecule has 1 aliphatic rings. The van der Waals surface area contributed by atoms with E-state index in [0.717, 1.165) is 19.3 Å². The Labute approximate surface area is 151 Å². The van der Waals surface area contributed by atoms with Crippen molar-refractivity contribution in [3.8, 4) is 0 Å². The zero-order chi connectivity index (χ0) is 22.0. The minimum absolute atomic E-state index is 0.0108. The van der Waals surface area contributed by atoms with Crippen LogP contribution >= 0.6 is 0 Å². The summed E-state index contributed by atoms with van der Waals surface area (Å²) in [4.78, 5) is 13.0. The predicted molar refractivity (Wildman–Crippen MR) is 71.7 cm³/mol. The van der Waals surface area contributed by atoms with Crippen LogP contribution in [0.5, 0.6) is 0 Å². The number of piperidine rings is 1. The lowest BCUT2D eigenvalue weighted by atomic mass is 9.98. The van der Waals surface area contributed by atoms with E-state index < -0.39 is 48.9 Å². The van der Waals surface area contributed by atoms with E-state index in [1.165, 1.54) is 0 Å². The predicted octanol–water partition coefficient (Wildman–Crippen LogP) is 4.51. The van der Waals surface area contributed by atoms with Gasteiger partial charge in [0.2, 0.25) is 0 Å². The van der Waals surface area contributed by atoms with Crippen molar-refractivity contribution in [3.05, 3.63) is 0 Å². The van der Waals surface area contributed by atoms with E-state index in [1.807, 2.05) is 0 Å². The molecule has 28 heavy (non-hydrogen) atoms. The molecular weight excluding hydrogens is 423 g/mol. The smallest absolute Gasteiger partial charge is 0.459 e. The fraction of sp³-hybridized carbons (Fsp3) is 0.929. The Hall–Kier alpha value is -1.34. The first-order chi connectivity index (χ1) is 12.5. The number of nitrogens with zero attached hydrogens (tertiary/aromatic N) is 1. The highest BCUT2D eigenvalue weighted by atomic mass is 19.4. The van der Waals surface area contributed by atoms with Crippen LogP contribution in [0.4, 0.5) is 48.3 Å². The van der Waals surface area contributed by atoms with Crippen molar-refractivity contribution >= 4 is 5.97 Å². The number of carbonyl (C=O) groups is 1. The molecular formula is C14H16F11NO2. The molecule has 0 aromatic carbocycles. The summed E-state index contributed by atoms with van der Waals surface area (Å²) < 4.78 is 144. The van der Waals surface area contributed by atoms with Gasteiger partial charge in [0.15, 0.2) is 6.61 Å². The summed E-state index contributed by atoms with van der Waals surface area (Å²) in [5.74, 6) is -29.8. The Bertz CT molecular complexity index is 542. The van der Waals surface area contributed by atoms with E-state index in [9.17, 15) is 53.1 Å². The number of rotatable bonds is 8. The van der Waals surface area contributed by atoms with Gasteiger partial charge in [-0.25, -0.2) is 0 Å². The maximum atomic E-state index is 13.4. The summed E-state index contributed by atoms with van der Waals surface area (Å²) in [6.45, 7) is -1.66. The molecule has 14 heteroatoms. The molecule has 0 radical (unpaired) electrons. The van der Waals surface area contributed by atoms with Crippen LogP contribution in [0, 0.1) is 0 Å². The van der Waals surface area contributed by atoms with Gasteiger partial charge in [-0.3, -0.25) is 4.79 Å². The van der Waals surface area contributed by atoms with Crippen molar-refractivity contribution < 1.29 is 57.8 Å². The average molecular weight is 439 g/mol. The molecule has 0 aromatic heterocycles. The fourth-order valence-corrected chi connectivity index (χ4v) is 2.37. The van der Waals surface area contributed by atoms with Gasteiger partial charge in [0.05, 0.1) is 6.42 Å². The largest absolute Gasteiger partial charge is 0.460 e. The van der Waals surface area contributed by atoms with Crippen molar-refractivity contribution in [2.45, 2.75) is 55.5 Å². The normalized spacial score (nSPS) is 18.2. The Morgan fingerprint density at radius 2 is 1.25 bits per heavy atom. The zero-order valence-corrected chi connectivity index (χ0v) is 14.1. The Balaban J connectivity index is 2.76. The number of hydrogen-bond acceptors (Lipinski definition) is 3. The molecule has 1 heterocycles. The van der Waals surface area contributed by atoms with E-state index in [0.29, 0.717) is 13.1 Å². The minimum Gasteiger partial charge on any atom is -0.459 e. The van der Waals surface area contributed by atoms with Gasteiger partial charge < -0.3 is 9.64 Å². The standard InChI is InChI=1S/C14H16F11NO2/c15-10(16,8-28-9(27)4-7-26-5-2-1-3-6-26)11(17,18)12(19,20)13(21,22)14(23,24)25/h1-8H2. The molecule has 3 nitrogen and oxygen atoms in total. The van der Waals surface area contributed by atoms with Gasteiger partial charge in [-0.15, -0.1) is 0 Å². The highest BCUT2D eigenvalue weighted by Crippen LogP contribution is 2.57. The SMILES string of the molecule is O=C(CCN1CCCCC1)OCC(F)(F)C(F)(F)C(F)(F)C(F)(F)C(F)(F)F. The Morgan fingerprint density at radius 1 is 0.750 bits per heavy atom. The summed E-state index contributed by atoms with van der Waals surface area (Å²) in [5.41, 5.74) is 0. The monoisotopic (exact) mass is 439 g/mol. The number of esters is 1.